The van der Waals surface area contributed by atoms with Crippen LogP contribution in [-0.4, -0.2) is 19.4 Å². The monoisotopic (exact) mass is 244 g/mol. The Bertz CT molecular complexity index is 178. The number of ether oxygens (including phenoxy) is 2. The minimum atomic E-state index is -0.247. The minimum Gasteiger partial charge on any atom is -0.323 e. The Kier molecular flexibility index (Phi) is 6.27. The molecule has 0 aromatic rings. The van der Waals surface area contributed by atoms with E-state index in [0.29, 0.717) is 0 Å². The van der Waals surface area contributed by atoms with E-state index in [9.17, 15) is 0 Å². The fourth-order valence-electron chi connectivity index (χ4n) is 2.39. The summed E-state index contributed by atoms with van der Waals surface area (Å²) in [6, 6.07) is 0. The van der Waals surface area contributed by atoms with E-state index in [0.717, 1.165) is 25.7 Å². The number of rotatable bonds is 0. The molecule has 2 rings (SSSR count). The zero-order valence-corrected chi connectivity index (χ0v) is 10.6. The van der Waals surface area contributed by atoms with Crippen LogP contribution in [0.1, 0.15) is 64.2 Å². The van der Waals surface area contributed by atoms with Crippen LogP contribution in [0.15, 0.2) is 0 Å². The van der Waals surface area contributed by atoms with E-state index < -0.39 is 0 Å². The third kappa shape index (κ3) is 5.34. The summed E-state index contributed by atoms with van der Waals surface area (Å²) in [6.45, 7) is 0.182. The molecule has 4 heteroatoms. The summed E-state index contributed by atoms with van der Waals surface area (Å²) in [7, 11) is 0. The highest BCUT2D eigenvalue weighted by Crippen LogP contribution is 2.20. The summed E-state index contributed by atoms with van der Waals surface area (Å²) < 4.78 is 11.2. The van der Waals surface area contributed by atoms with Crippen molar-refractivity contribution in [1.29, 1.82) is 0 Å². The Morgan fingerprint density at radius 2 is 1.24 bits per heavy atom. The van der Waals surface area contributed by atoms with Gasteiger partial charge in [0, 0.05) is 6.42 Å². The van der Waals surface area contributed by atoms with Crippen molar-refractivity contribution in [3.8, 4) is 0 Å². The molecule has 0 aromatic carbocycles. The van der Waals surface area contributed by atoms with Crippen LogP contribution in [0, 0.1) is 0 Å². The molecule has 4 nitrogen and oxygen atoms in total. The zero-order chi connectivity index (χ0) is 11.8. The van der Waals surface area contributed by atoms with Crippen molar-refractivity contribution in [1.82, 2.24) is 0 Å². The van der Waals surface area contributed by atoms with Crippen LogP contribution in [0.25, 0.3) is 0 Å². The van der Waals surface area contributed by atoms with Gasteiger partial charge < -0.3 is 9.47 Å². The van der Waals surface area contributed by atoms with Gasteiger partial charge >= 0.3 is 0 Å². The number of fused-ring (bicyclic) bond motifs is 2. The summed E-state index contributed by atoms with van der Waals surface area (Å²) in [5, 5.41) is 0. The van der Waals surface area contributed by atoms with E-state index >= 15 is 0 Å². The summed E-state index contributed by atoms with van der Waals surface area (Å²) in [4.78, 5) is 10.1. The molecule has 2 heterocycles. The van der Waals surface area contributed by atoms with Crippen molar-refractivity contribution in [3.63, 3.8) is 0 Å². The highest BCUT2D eigenvalue weighted by molar-refractivity contribution is 4.55. The molecule has 2 aliphatic heterocycles. The van der Waals surface area contributed by atoms with Crippen molar-refractivity contribution < 1.29 is 19.2 Å². The van der Waals surface area contributed by atoms with Crippen molar-refractivity contribution in [3.05, 3.63) is 0 Å². The van der Waals surface area contributed by atoms with Gasteiger partial charge in [0.15, 0.2) is 19.4 Å². The summed E-state index contributed by atoms with van der Waals surface area (Å²) in [5.74, 6) is 0. The van der Waals surface area contributed by atoms with Gasteiger partial charge in [0.1, 0.15) is 0 Å². The second-order valence-corrected chi connectivity index (χ2v) is 4.90. The van der Waals surface area contributed by atoms with Crippen LogP contribution in [0.4, 0.5) is 0 Å². The van der Waals surface area contributed by atoms with Crippen LogP contribution in [0.3, 0.4) is 0 Å². The molecule has 100 valence electrons. The molecular weight excluding hydrogens is 220 g/mol. The SMILES string of the molecule is C1CCCCCC2OOCOC(CCCC1)O2. The highest BCUT2D eigenvalue weighted by atomic mass is 17.3. The molecule has 0 N–H and O–H groups in total. The Morgan fingerprint density at radius 1 is 0.647 bits per heavy atom. The van der Waals surface area contributed by atoms with E-state index in [-0.39, 0.29) is 19.4 Å². The lowest BCUT2D eigenvalue weighted by atomic mass is 10.1. The maximum atomic E-state index is 5.76. The van der Waals surface area contributed by atoms with Gasteiger partial charge in [-0.1, -0.05) is 38.5 Å². The average molecular weight is 244 g/mol. The Labute approximate surface area is 103 Å². The van der Waals surface area contributed by atoms with Gasteiger partial charge in [-0.3, -0.25) is 0 Å². The normalized spacial score (nSPS) is 33.9. The van der Waals surface area contributed by atoms with Crippen molar-refractivity contribution in [2.45, 2.75) is 76.8 Å². The molecule has 0 aromatic heterocycles. The number of hydrogen-bond donors (Lipinski definition) is 0. The topological polar surface area (TPSA) is 36.9 Å². The third-order valence-corrected chi connectivity index (χ3v) is 3.41. The lowest BCUT2D eigenvalue weighted by Crippen LogP contribution is -2.22. The van der Waals surface area contributed by atoms with Crippen LogP contribution in [-0.2, 0) is 19.2 Å². The second kappa shape index (κ2) is 8.03. The zero-order valence-electron chi connectivity index (χ0n) is 10.6. The summed E-state index contributed by atoms with van der Waals surface area (Å²) in [5.41, 5.74) is 0. The maximum Gasteiger partial charge on any atom is 0.194 e. The molecule has 2 unspecified atom stereocenters. The van der Waals surface area contributed by atoms with E-state index in [1.54, 1.807) is 0 Å². The molecule has 2 bridgehead atoms. The standard InChI is InChI=1S/C13H24O4/c1-2-4-6-8-10-13-16-12(9-7-5-3-1)14-11-15-17-13/h12-13H,1-11H2. The van der Waals surface area contributed by atoms with Gasteiger partial charge in [-0.15, -0.1) is 0 Å². The van der Waals surface area contributed by atoms with Crippen LogP contribution < -0.4 is 0 Å². The van der Waals surface area contributed by atoms with Crippen molar-refractivity contribution in [2.24, 2.45) is 0 Å². The highest BCUT2D eigenvalue weighted by Gasteiger charge is 2.22. The lowest BCUT2D eigenvalue weighted by molar-refractivity contribution is -0.372. The Hall–Kier alpha value is -0.160. The molecule has 2 aliphatic rings. The average Bonchev–Trinajstić information content (AvgIpc) is 2.54. The second-order valence-electron chi connectivity index (χ2n) is 4.90. The van der Waals surface area contributed by atoms with Gasteiger partial charge in [0.25, 0.3) is 0 Å². The molecule has 2 atom stereocenters. The van der Waals surface area contributed by atoms with Gasteiger partial charge in [-0.05, 0) is 19.3 Å². The van der Waals surface area contributed by atoms with Crippen LogP contribution in [0.2, 0.25) is 0 Å². The molecule has 0 amide bonds. The van der Waals surface area contributed by atoms with E-state index in [1.165, 1.54) is 38.5 Å². The first-order valence-corrected chi connectivity index (χ1v) is 7.00. The molecule has 0 aliphatic carbocycles. The van der Waals surface area contributed by atoms with Crippen molar-refractivity contribution in [2.75, 3.05) is 6.79 Å². The number of hydrogen-bond acceptors (Lipinski definition) is 4. The fourth-order valence-corrected chi connectivity index (χ4v) is 2.39. The minimum absolute atomic E-state index is 0.150. The van der Waals surface area contributed by atoms with Gasteiger partial charge in [-0.25, -0.2) is 9.78 Å². The molecule has 2 fully saturated rings. The summed E-state index contributed by atoms with van der Waals surface area (Å²) in [6.07, 6.45) is 11.7. The van der Waals surface area contributed by atoms with Crippen LogP contribution in [0.5, 0.6) is 0 Å². The predicted octanol–water partition coefficient (Wildman–Crippen LogP) is 3.51. The molecule has 17 heavy (non-hydrogen) atoms. The fraction of sp³-hybridized carbons (Fsp3) is 1.00. The smallest absolute Gasteiger partial charge is 0.194 e. The van der Waals surface area contributed by atoms with Gasteiger partial charge in [0.2, 0.25) is 0 Å². The maximum absolute atomic E-state index is 5.76. The first-order chi connectivity index (χ1) is 8.45. The predicted molar refractivity (Wildman–Crippen MR) is 63.0 cm³/mol. The molecule has 2 saturated heterocycles. The molecular formula is C13H24O4. The lowest BCUT2D eigenvalue weighted by Gasteiger charge is -2.18. The van der Waals surface area contributed by atoms with Crippen molar-refractivity contribution >= 4 is 0 Å². The van der Waals surface area contributed by atoms with Gasteiger partial charge in [0.05, 0.1) is 0 Å². The summed E-state index contributed by atoms with van der Waals surface area (Å²) >= 11 is 0. The van der Waals surface area contributed by atoms with E-state index in [1.807, 2.05) is 0 Å². The van der Waals surface area contributed by atoms with E-state index in [2.05, 4.69) is 0 Å². The quantitative estimate of drug-likeness (QED) is 0.611. The van der Waals surface area contributed by atoms with Crippen LogP contribution >= 0.6 is 0 Å². The molecule has 0 spiro atoms. The first kappa shape index (κ1) is 13.3. The van der Waals surface area contributed by atoms with Gasteiger partial charge in [-0.2, -0.15) is 0 Å². The molecule has 0 radical (unpaired) electrons. The van der Waals surface area contributed by atoms with E-state index in [4.69, 9.17) is 19.2 Å². The first-order valence-electron chi connectivity index (χ1n) is 7.00. The largest absolute Gasteiger partial charge is 0.323 e. The Morgan fingerprint density at radius 3 is 1.94 bits per heavy atom. The third-order valence-electron chi connectivity index (χ3n) is 3.41. The molecule has 0 saturated carbocycles. The Balaban J connectivity index is 1.81.